The molecule has 0 unspecified atom stereocenters. The zero-order chi connectivity index (χ0) is 21.2. The van der Waals surface area contributed by atoms with E-state index in [1.54, 1.807) is 4.31 Å². The highest BCUT2D eigenvalue weighted by Crippen LogP contribution is 2.20. The maximum Gasteiger partial charge on any atom is 0.223 e. The number of carbonyl (C=O) groups is 1. The third-order valence-corrected chi connectivity index (χ3v) is 7.94. The van der Waals surface area contributed by atoms with Gasteiger partial charge >= 0.3 is 0 Å². The van der Waals surface area contributed by atoms with Crippen LogP contribution in [0.5, 0.6) is 0 Å². The fourth-order valence-electron chi connectivity index (χ4n) is 4.11. The third kappa shape index (κ3) is 7.34. The number of amides is 1. The molecule has 0 atom stereocenters. The van der Waals surface area contributed by atoms with Gasteiger partial charge in [0.1, 0.15) is 0 Å². The number of carbonyl (C=O) groups excluding carboxylic acids is 1. The first-order valence-corrected chi connectivity index (χ1v) is 12.7. The molecular formula is C22H35N3O4S. The van der Waals surface area contributed by atoms with Gasteiger partial charge in [0.05, 0.1) is 19.0 Å². The van der Waals surface area contributed by atoms with Crippen LogP contribution in [-0.2, 0) is 26.0 Å². The Balaban J connectivity index is 1.31. The van der Waals surface area contributed by atoms with Gasteiger partial charge in [-0.2, -0.15) is 0 Å². The van der Waals surface area contributed by atoms with Crippen LogP contribution in [0.25, 0.3) is 0 Å². The number of morpholine rings is 1. The number of sulfonamides is 1. The number of hydrogen-bond donors (Lipinski definition) is 1. The molecule has 2 aliphatic rings. The minimum Gasteiger partial charge on any atom is -0.379 e. The molecule has 168 valence electrons. The van der Waals surface area contributed by atoms with Crippen LogP contribution >= 0.6 is 0 Å². The Kier molecular flexibility index (Phi) is 9.11. The first kappa shape index (κ1) is 23.2. The van der Waals surface area contributed by atoms with Crippen molar-refractivity contribution in [1.29, 1.82) is 0 Å². The molecule has 7 nitrogen and oxygen atoms in total. The summed E-state index contributed by atoms with van der Waals surface area (Å²) in [6, 6.07) is 9.96. The third-order valence-electron chi connectivity index (χ3n) is 5.98. The molecule has 30 heavy (non-hydrogen) atoms. The summed E-state index contributed by atoms with van der Waals surface area (Å²) in [4.78, 5) is 14.8. The maximum atomic E-state index is 12.6. The first-order chi connectivity index (χ1) is 14.5. The fourth-order valence-corrected chi connectivity index (χ4v) is 5.65. The largest absolute Gasteiger partial charge is 0.379 e. The van der Waals surface area contributed by atoms with Crippen LogP contribution in [-0.4, -0.2) is 81.8 Å². The highest BCUT2D eigenvalue weighted by molar-refractivity contribution is 7.89. The van der Waals surface area contributed by atoms with E-state index in [2.05, 4.69) is 10.2 Å². The van der Waals surface area contributed by atoms with Crippen molar-refractivity contribution in [3.8, 4) is 0 Å². The van der Waals surface area contributed by atoms with Gasteiger partial charge in [-0.05, 0) is 44.2 Å². The number of benzene rings is 1. The summed E-state index contributed by atoms with van der Waals surface area (Å²) in [5, 5.41) is 3.03. The standard InChI is InChI=1S/C22H35N3O4S/c26-22(23-11-5-12-24-15-17-29-18-16-24)21-9-13-25(14-10-21)30(27,28)19-4-8-20-6-2-1-3-7-20/h1-3,6-7,21H,4-5,8-19H2,(H,23,26). The van der Waals surface area contributed by atoms with Gasteiger partial charge in [0.2, 0.25) is 15.9 Å². The summed E-state index contributed by atoms with van der Waals surface area (Å²) in [5.74, 6) is 0.155. The molecule has 1 N–H and O–H groups in total. The van der Waals surface area contributed by atoms with Gasteiger partial charge in [-0.15, -0.1) is 0 Å². The van der Waals surface area contributed by atoms with E-state index in [0.717, 1.165) is 51.3 Å². The van der Waals surface area contributed by atoms with Crippen LogP contribution in [0.2, 0.25) is 0 Å². The van der Waals surface area contributed by atoms with Crippen molar-refractivity contribution >= 4 is 15.9 Å². The summed E-state index contributed by atoms with van der Waals surface area (Å²) >= 11 is 0. The number of piperidine rings is 1. The van der Waals surface area contributed by atoms with Gasteiger partial charge < -0.3 is 10.1 Å². The van der Waals surface area contributed by atoms with E-state index in [9.17, 15) is 13.2 Å². The fraction of sp³-hybridized carbons (Fsp3) is 0.682. The summed E-state index contributed by atoms with van der Waals surface area (Å²) in [7, 11) is -3.25. The minimum atomic E-state index is -3.25. The summed E-state index contributed by atoms with van der Waals surface area (Å²) in [6.45, 7) is 6.05. The Bertz CT molecular complexity index is 743. The smallest absolute Gasteiger partial charge is 0.223 e. The molecule has 0 spiro atoms. The molecular weight excluding hydrogens is 402 g/mol. The van der Waals surface area contributed by atoms with Gasteiger partial charge in [0.25, 0.3) is 0 Å². The summed E-state index contributed by atoms with van der Waals surface area (Å²) in [6.07, 6.45) is 3.53. The average molecular weight is 438 g/mol. The first-order valence-electron chi connectivity index (χ1n) is 11.1. The highest BCUT2D eigenvalue weighted by atomic mass is 32.2. The normalized spacial score (nSPS) is 19.6. The molecule has 1 aromatic rings. The van der Waals surface area contributed by atoms with Gasteiger partial charge in [-0.3, -0.25) is 9.69 Å². The molecule has 2 heterocycles. The quantitative estimate of drug-likeness (QED) is 0.561. The van der Waals surface area contributed by atoms with E-state index >= 15 is 0 Å². The van der Waals surface area contributed by atoms with Crippen LogP contribution in [0.3, 0.4) is 0 Å². The second-order valence-electron chi connectivity index (χ2n) is 8.18. The SMILES string of the molecule is O=C(NCCCN1CCOCC1)C1CCN(S(=O)(=O)CCCc2ccccc2)CC1. The molecule has 0 bridgehead atoms. The Morgan fingerprint density at radius 1 is 1.03 bits per heavy atom. The van der Waals surface area contributed by atoms with Crippen LogP contribution in [0.4, 0.5) is 0 Å². The Labute approximate surface area is 180 Å². The van der Waals surface area contributed by atoms with E-state index in [4.69, 9.17) is 4.74 Å². The number of nitrogens with one attached hydrogen (secondary N) is 1. The molecule has 2 aliphatic heterocycles. The van der Waals surface area contributed by atoms with Crippen molar-refractivity contribution < 1.29 is 17.9 Å². The molecule has 1 aromatic carbocycles. The van der Waals surface area contributed by atoms with Crippen LogP contribution < -0.4 is 5.32 Å². The predicted octanol–water partition coefficient (Wildman–Crippen LogP) is 1.50. The van der Waals surface area contributed by atoms with E-state index in [1.165, 1.54) is 0 Å². The van der Waals surface area contributed by atoms with Gasteiger partial charge in [-0.1, -0.05) is 30.3 Å². The lowest BCUT2D eigenvalue weighted by molar-refractivity contribution is -0.126. The number of ether oxygens (including phenoxy) is 1. The topological polar surface area (TPSA) is 79.0 Å². The van der Waals surface area contributed by atoms with Crippen LogP contribution in [0.15, 0.2) is 30.3 Å². The van der Waals surface area contributed by atoms with Crippen molar-refractivity contribution in [3.05, 3.63) is 35.9 Å². The zero-order valence-electron chi connectivity index (χ0n) is 17.8. The van der Waals surface area contributed by atoms with Gasteiger partial charge in [0, 0.05) is 38.6 Å². The number of aryl methyl sites for hydroxylation is 1. The van der Waals surface area contributed by atoms with Gasteiger partial charge in [-0.25, -0.2) is 12.7 Å². The summed E-state index contributed by atoms with van der Waals surface area (Å²) < 4.78 is 32.2. The lowest BCUT2D eigenvalue weighted by Gasteiger charge is -2.30. The second-order valence-corrected chi connectivity index (χ2v) is 10.3. The number of hydrogen-bond acceptors (Lipinski definition) is 5. The van der Waals surface area contributed by atoms with Crippen molar-refractivity contribution in [3.63, 3.8) is 0 Å². The zero-order valence-corrected chi connectivity index (χ0v) is 18.6. The minimum absolute atomic E-state index is 0.0677. The molecule has 2 fully saturated rings. The van der Waals surface area contributed by atoms with E-state index in [-0.39, 0.29) is 17.6 Å². The van der Waals surface area contributed by atoms with Crippen molar-refractivity contribution in [1.82, 2.24) is 14.5 Å². The molecule has 0 aromatic heterocycles. The van der Waals surface area contributed by atoms with Crippen molar-refractivity contribution in [2.75, 3.05) is 58.2 Å². The second kappa shape index (κ2) is 11.8. The molecule has 3 rings (SSSR count). The van der Waals surface area contributed by atoms with E-state index < -0.39 is 10.0 Å². The molecule has 0 radical (unpaired) electrons. The van der Waals surface area contributed by atoms with Gasteiger partial charge in [0.15, 0.2) is 0 Å². The average Bonchev–Trinajstić information content (AvgIpc) is 2.78. The van der Waals surface area contributed by atoms with Crippen molar-refractivity contribution in [2.24, 2.45) is 5.92 Å². The van der Waals surface area contributed by atoms with Crippen molar-refractivity contribution in [2.45, 2.75) is 32.1 Å². The summed E-state index contributed by atoms with van der Waals surface area (Å²) in [5.41, 5.74) is 1.16. The lowest BCUT2D eigenvalue weighted by Crippen LogP contribution is -2.44. The molecule has 2 saturated heterocycles. The monoisotopic (exact) mass is 437 g/mol. The Hall–Kier alpha value is -1.48. The van der Waals surface area contributed by atoms with Crippen LogP contribution in [0, 0.1) is 5.92 Å². The molecule has 0 aliphatic carbocycles. The number of rotatable bonds is 10. The van der Waals surface area contributed by atoms with E-state index in [0.29, 0.717) is 38.9 Å². The van der Waals surface area contributed by atoms with E-state index in [1.807, 2.05) is 30.3 Å². The molecule has 8 heteroatoms. The maximum absolute atomic E-state index is 12.6. The number of nitrogens with zero attached hydrogens (tertiary/aromatic N) is 2. The van der Waals surface area contributed by atoms with Crippen LogP contribution in [0.1, 0.15) is 31.2 Å². The Morgan fingerprint density at radius 2 is 1.73 bits per heavy atom. The highest BCUT2D eigenvalue weighted by Gasteiger charge is 2.30. The Morgan fingerprint density at radius 3 is 2.43 bits per heavy atom. The molecule has 1 amide bonds. The predicted molar refractivity (Wildman–Crippen MR) is 118 cm³/mol. The molecule has 0 saturated carbocycles. The lowest BCUT2D eigenvalue weighted by atomic mass is 9.97.